The Morgan fingerprint density at radius 2 is 2.33 bits per heavy atom. The second kappa shape index (κ2) is 3.49. The fraction of sp³-hybridized carbons (Fsp3) is 0.500. The van der Waals surface area contributed by atoms with Crippen LogP contribution >= 0.6 is 0 Å². The highest BCUT2D eigenvalue weighted by Crippen LogP contribution is 1.87. The number of aromatic nitrogens is 2. The summed E-state index contributed by atoms with van der Waals surface area (Å²) in [5.74, 6) is 0. The zero-order valence-corrected chi connectivity index (χ0v) is 7.32. The third kappa shape index (κ3) is 2.17. The minimum absolute atomic E-state index is 0.0444. The normalized spacial score (nSPS) is 12.9. The van der Waals surface area contributed by atoms with E-state index in [4.69, 9.17) is 5.73 Å². The molecular weight excluding hydrogens is 154 g/mol. The van der Waals surface area contributed by atoms with Gasteiger partial charge in [0.1, 0.15) is 0 Å². The molecule has 0 bridgehead atoms. The highest BCUT2D eigenvalue weighted by molar-refractivity contribution is 4.97. The molecule has 0 spiro atoms. The molecule has 66 valence electrons. The molecule has 4 heteroatoms. The molecule has 0 amide bonds. The third-order valence-corrected chi connectivity index (χ3v) is 1.46. The van der Waals surface area contributed by atoms with Crippen molar-refractivity contribution in [3.63, 3.8) is 0 Å². The predicted molar refractivity (Wildman–Crippen MR) is 46.9 cm³/mol. The summed E-state index contributed by atoms with van der Waals surface area (Å²) >= 11 is 0. The molecule has 1 atom stereocenters. The Morgan fingerprint density at radius 3 is 2.92 bits per heavy atom. The van der Waals surface area contributed by atoms with Crippen LogP contribution in [0.5, 0.6) is 0 Å². The molecule has 4 nitrogen and oxygen atoms in total. The minimum atomic E-state index is -0.0992. The number of hydrogen-bond donors (Lipinski definition) is 1. The Morgan fingerprint density at radius 1 is 1.67 bits per heavy atom. The topological polar surface area (TPSA) is 60.9 Å². The second-order valence-corrected chi connectivity index (χ2v) is 2.97. The van der Waals surface area contributed by atoms with Crippen LogP contribution in [0.15, 0.2) is 16.9 Å². The zero-order chi connectivity index (χ0) is 9.14. The van der Waals surface area contributed by atoms with Gasteiger partial charge in [-0.1, -0.05) is 0 Å². The minimum Gasteiger partial charge on any atom is -0.326 e. The van der Waals surface area contributed by atoms with E-state index in [1.807, 2.05) is 13.8 Å². The fourth-order valence-electron chi connectivity index (χ4n) is 0.955. The number of rotatable bonds is 2. The summed E-state index contributed by atoms with van der Waals surface area (Å²) in [4.78, 5) is 11.2. The first kappa shape index (κ1) is 8.93. The van der Waals surface area contributed by atoms with E-state index in [9.17, 15) is 4.79 Å². The predicted octanol–water partition coefficient (Wildman–Crippen LogP) is -0.101. The van der Waals surface area contributed by atoms with Gasteiger partial charge in [-0.3, -0.25) is 4.79 Å². The van der Waals surface area contributed by atoms with Crippen molar-refractivity contribution in [1.82, 2.24) is 9.78 Å². The van der Waals surface area contributed by atoms with Crippen molar-refractivity contribution in [3.8, 4) is 0 Å². The molecule has 12 heavy (non-hydrogen) atoms. The molecule has 0 saturated heterocycles. The molecule has 1 aromatic rings. The van der Waals surface area contributed by atoms with Gasteiger partial charge in [-0.25, -0.2) is 4.68 Å². The van der Waals surface area contributed by atoms with Gasteiger partial charge in [0.2, 0.25) is 0 Å². The van der Waals surface area contributed by atoms with Gasteiger partial charge >= 0.3 is 0 Å². The van der Waals surface area contributed by atoms with Gasteiger partial charge in [0.15, 0.2) is 0 Å². The van der Waals surface area contributed by atoms with Crippen LogP contribution in [0.3, 0.4) is 0 Å². The summed E-state index contributed by atoms with van der Waals surface area (Å²) in [6.45, 7) is 4.16. The first-order chi connectivity index (χ1) is 5.59. The monoisotopic (exact) mass is 167 g/mol. The van der Waals surface area contributed by atoms with Crippen LogP contribution in [0.25, 0.3) is 0 Å². The molecule has 0 aliphatic rings. The smallest absolute Gasteiger partial charge is 0.266 e. The molecule has 1 heterocycles. The average Bonchev–Trinajstić information content (AvgIpc) is 1.96. The molecular formula is C8H13N3O. The zero-order valence-electron chi connectivity index (χ0n) is 7.32. The lowest BCUT2D eigenvalue weighted by Gasteiger charge is -2.06. The molecule has 0 fully saturated rings. The lowest BCUT2D eigenvalue weighted by Crippen LogP contribution is -2.31. The van der Waals surface area contributed by atoms with Crippen LogP contribution in [0, 0.1) is 6.92 Å². The Bertz CT molecular complexity index is 316. The SMILES string of the molecule is Cc1ccc(=O)n(C[C@H](C)N)n1. The van der Waals surface area contributed by atoms with Crippen LogP contribution in [0.4, 0.5) is 0 Å². The van der Waals surface area contributed by atoms with Gasteiger partial charge in [0.05, 0.1) is 12.2 Å². The van der Waals surface area contributed by atoms with E-state index in [2.05, 4.69) is 5.10 Å². The molecule has 0 aliphatic heterocycles. The molecule has 1 rings (SSSR count). The summed E-state index contributed by atoms with van der Waals surface area (Å²) in [7, 11) is 0. The van der Waals surface area contributed by atoms with Crippen molar-refractivity contribution in [2.45, 2.75) is 26.4 Å². The highest BCUT2D eigenvalue weighted by Gasteiger charge is 1.99. The van der Waals surface area contributed by atoms with Gasteiger partial charge in [-0.05, 0) is 19.9 Å². The quantitative estimate of drug-likeness (QED) is 0.669. The average molecular weight is 167 g/mol. The number of nitrogens with two attached hydrogens (primary N) is 1. The van der Waals surface area contributed by atoms with Crippen LogP contribution in [-0.2, 0) is 6.54 Å². The highest BCUT2D eigenvalue weighted by atomic mass is 16.1. The Kier molecular flexibility index (Phi) is 2.60. The number of aryl methyl sites for hydroxylation is 1. The standard InChI is InChI=1S/C8H13N3O/c1-6(9)5-11-8(12)4-3-7(2)10-11/h3-4,6H,5,9H2,1-2H3/t6-/m0/s1. The lowest BCUT2D eigenvalue weighted by atomic mass is 10.3. The third-order valence-electron chi connectivity index (χ3n) is 1.46. The van der Waals surface area contributed by atoms with Crippen LogP contribution in [-0.4, -0.2) is 15.8 Å². The van der Waals surface area contributed by atoms with Crippen molar-refractivity contribution in [1.29, 1.82) is 0 Å². The Labute approximate surface area is 71.0 Å². The van der Waals surface area contributed by atoms with Crippen LogP contribution in [0.1, 0.15) is 12.6 Å². The fourth-order valence-corrected chi connectivity index (χ4v) is 0.955. The van der Waals surface area contributed by atoms with Gasteiger partial charge < -0.3 is 5.73 Å². The molecule has 0 aromatic carbocycles. The van der Waals surface area contributed by atoms with Gasteiger partial charge in [0.25, 0.3) is 5.56 Å². The molecule has 0 saturated carbocycles. The summed E-state index contributed by atoms with van der Waals surface area (Å²) in [6, 6.07) is 3.15. The molecule has 1 aromatic heterocycles. The Hall–Kier alpha value is -1.16. The number of nitrogens with zero attached hydrogens (tertiary/aromatic N) is 2. The maximum Gasteiger partial charge on any atom is 0.266 e. The van der Waals surface area contributed by atoms with Crippen molar-refractivity contribution in [2.24, 2.45) is 5.73 Å². The van der Waals surface area contributed by atoms with Crippen LogP contribution in [0.2, 0.25) is 0 Å². The van der Waals surface area contributed by atoms with Crippen LogP contribution < -0.4 is 11.3 Å². The van der Waals surface area contributed by atoms with E-state index in [1.165, 1.54) is 10.7 Å². The molecule has 0 aliphatic carbocycles. The number of hydrogen-bond acceptors (Lipinski definition) is 3. The van der Waals surface area contributed by atoms with E-state index in [-0.39, 0.29) is 11.6 Å². The molecule has 0 radical (unpaired) electrons. The maximum atomic E-state index is 11.2. The van der Waals surface area contributed by atoms with Gasteiger partial charge in [0, 0.05) is 12.1 Å². The summed E-state index contributed by atoms with van der Waals surface area (Å²) in [6.07, 6.45) is 0. The first-order valence-corrected chi connectivity index (χ1v) is 3.90. The first-order valence-electron chi connectivity index (χ1n) is 3.90. The maximum absolute atomic E-state index is 11.2. The molecule has 2 N–H and O–H groups in total. The van der Waals surface area contributed by atoms with E-state index in [0.717, 1.165) is 5.69 Å². The van der Waals surface area contributed by atoms with E-state index in [1.54, 1.807) is 6.07 Å². The summed E-state index contributed by atoms with van der Waals surface area (Å²) in [5.41, 5.74) is 6.27. The van der Waals surface area contributed by atoms with Gasteiger partial charge in [-0.2, -0.15) is 5.10 Å². The van der Waals surface area contributed by atoms with Crippen molar-refractivity contribution < 1.29 is 0 Å². The summed E-state index contributed by atoms with van der Waals surface area (Å²) < 4.78 is 1.39. The lowest BCUT2D eigenvalue weighted by molar-refractivity contribution is 0.509. The van der Waals surface area contributed by atoms with Crippen molar-refractivity contribution in [2.75, 3.05) is 0 Å². The largest absolute Gasteiger partial charge is 0.326 e. The summed E-state index contributed by atoms with van der Waals surface area (Å²) in [5, 5.41) is 4.04. The van der Waals surface area contributed by atoms with Gasteiger partial charge in [-0.15, -0.1) is 0 Å². The molecule has 0 unspecified atom stereocenters. The second-order valence-electron chi connectivity index (χ2n) is 2.97. The van der Waals surface area contributed by atoms with E-state index >= 15 is 0 Å². The Balaban J connectivity index is 2.98. The van der Waals surface area contributed by atoms with Crippen molar-refractivity contribution in [3.05, 3.63) is 28.2 Å². The van der Waals surface area contributed by atoms with E-state index in [0.29, 0.717) is 6.54 Å². The van der Waals surface area contributed by atoms with E-state index < -0.39 is 0 Å². The van der Waals surface area contributed by atoms with Crippen molar-refractivity contribution >= 4 is 0 Å².